The van der Waals surface area contributed by atoms with Crippen LogP contribution in [0, 0.1) is 12.8 Å². The van der Waals surface area contributed by atoms with E-state index in [1.165, 1.54) is 34.7 Å². The highest BCUT2D eigenvalue weighted by Gasteiger charge is 2.57. The van der Waals surface area contributed by atoms with E-state index in [9.17, 15) is 0 Å². The molecule has 2 N–H and O–H groups in total. The number of rotatable bonds is 4. The monoisotopic (exact) mass is 296 g/mol. The number of hydrogen-bond donors (Lipinski definition) is 2. The van der Waals surface area contributed by atoms with Crippen molar-refractivity contribution >= 4 is 17.6 Å². The topological polar surface area (TPSA) is 24.1 Å². The molecule has 1 aliphatic heterocycles. The van der Waals surface area contributed by atoms with Gasteiger partial charge in [0, 0.05) is 22.5 Å². The summed E-state index contributed by atoms with van der Waals surface area (Å²) in [5.41, 5.74) is 4.43. The molecule has 4 rings (SSSR count). The van der Waals surface area contributed by atoms with Gasteiger partial charge in [0.05, 0.1) is 0 Å². The minimum absolute atomic E-state index is 0.461. The Morgan fingerprint density at radius 3 is 2.48 bits per heavy atom. The predicted molar refractivity (Wildman–Crippen MR) is 89.8 cm³/mol. The van der Waals surface area contributed by atoms with Gasteiger partial charge in [0.25, 0.3) is 0 Å². The molecule has 3 heteroatoms. The summed E-state index contributed by atoms with van der Waals surface area (Å²) in [6.45, 7) is 4.47. The highest BCUT2D eigenvalue weighted by atomic mass is 32.2. The third-order valence-electron chi connectivity index (χ3n) is 4.83. The molecule has 1 aliphatic carbocycles. The maximum atomic E-state index is 3.51. The lowest BCUT2D eigenvalue weighted by molar-refractivity contribution is 0.676. The van der Waals surface area contributed by atoms with Crippen molar-refractivity contribution in [1.82, 2.24) is 5.32 Å². The number of aryl methyl sites for hydroxylation is 1. The molecule has 0 aromatic heterocycles. The van der Waals surface area contributed by atoms with Crippen LogP contribution in [0.2, 0.25) is 0 Å². The molecular weight excluding hydrogens is 276 g/mol. The zero-order valence-electron chi connectivity index (χ0n) is 12.2. The Hall–Kier alpha value is -1.45. The molecule has 108 valence electrons. The average Bonchev–Trinajstić information content (AvgIpc) is 3.09. The van der Waals surface area contributed by atoms with Crippen molar-refractivity contribution in [2.24, 2.45) is 5.92 Å². The average molecular weight is 296 g/mol. The summed E-state index contributed by atoms with van der Waals surface area (Å²) in [5, 5.41) is 3.51. The number of nitrogens with one attached hydrogen (secondary N) is 2. The van der Waals surface area contributed by atoms with Crippen molar-refractivity contribution in [3.05, 3.63) is 59.7 Å². The summed E-state index contributed by atoms with van der Waals surface area (Å²) in [5.74, 6) is 0.873. The van der Waals surface area contributed by atoms with E-state index in [4.69, 9.17) is 0 Å². The van der Waals surface area contributed by atoms with Crippen LogP contribution in [-0.2, 0) is 5.41 Å². The molecule has 0 amide bonds. The van der Waals surface area contributed by atoms with Crippen molar-refractivity contribution in [2.75, 3.05) is 17.8 Å². The van der Waals surface area contributed by atoms with Gasteiger partial charge in [-0.15, -0.1) is 0 Å². The van der Waals surface area contributed by atoms with E-state index < -0.39 is 0 Å². The number of piperidine rings is 1. The first kappa shape index (κ1) is 13.2. The fraction of sp³-hybridized carbons (Fsp3) is 0.333. The summed E-state index contributed by atoms with van der Waals surface area (Å²) >= 11 is 1.67. The molecule has 2 aromatic rings. The predicted octanol–water partition coefficient (Wildman–Crippen LogP) is 3.98. The van der Waals surface area contributed by atoms with Gasteiger partial charge in [-0.05, 0) is 67.6 Å². The molecule has 0 unspecified atom stereocenters. The van der Waals surface area contributed by atoms with Crippen molar-refractivity contribution in [3.8, 4) is 0 Å². The third kappa shape index (κ3) is 2.45. The van der Waals surface area contributed by atoms with Gasteiger partial charge in [-0.1, -0.05) is 29.8 Å². The van der Waals surface area contributed by atoms with Crippen LogP contribution >= 0.6 is 11.9 Å². The first-order valence-electron chi connectivity index (χ1n) is 7.57. The second-order valence-electron chi connectivity index (χ2n) is 6.28. The van der Waals surface area contributed by atoms with Crippen LogP contribution < -0.4 is 10.0 Å². The standard InChI is InChI=1S/C18H20N2S/c1-13-2-8-17(9-3-13)21-20-16-6-4-14(5-7-16)18-10-15(18)11-19-12-18/h2-9,15,19-20H,10-12H2,1H3/t15-,18+/m1/s1. The zero-order valence-corrected chi connectivity index (χ0v) is 13.0. The Labute approximate surface area is 130 Å². The molecule has 0 spiro atoms. The highest BCUT2D eigenvalue weighted by molar-refractivity contribution is 8.00. The third-order valence-corrected chi connectivity index (χ3v) is 5.68. The summed E-state index contributed by atoms with van der Waals surface area (Å²) in [6.07, 6.45) is 1.37. The Bertz CT molecular complexity index is 635. The molecule has 1 saturated heterocycles. The van der Waals surface area contributed by atoms with Crippen LogP contribution in [0.3, 0.4) is 0 Å². The van der Waals surface area contributed by atoms with Gasteiger partial charge >= 0.3 is 0 Å². The van der Waals surface area contributed by atoms with Gasteiger partial charge in [0.15, 0.2) is 0 Å². The molecule has 2 aromatic carbocycles. The maximum absolute atomic E-state index is 3.51. The van der Waals surface area contributed by atoms with Crippen LogP contribution in [0.5, 0.6) is 0 Å². The normalized spacial score (nSPS) is 26.4. The second kappa shape index (κ2) is 5.08. The minimum atomic E-state index is 0.461. The van der Waals surface area contributed by atoms with E-state index in [0.29, 0.717) is 5.41 Å². The Balaban J connectivity index is 1.41. The van der Waals surface area contributed by atoms with Crippen LogP contribution in [0.15, 0.2) is 53.4 Å². The van der Waals surface area contributed by atoms with Gasteiger partial charge in [-0.25, -0.2) is 0 Å². The van der Waals surface area contributed by atoms with E-state index in [2.05, 4.69) is 65.5 Å². The number of fused-ring (bicyclic) bond motifs is 1. The second-order valence-corrected chi connectivity index (χ2v) is 7.16. The zero-order chi connectivity index (χ0) is 14.3. The van der Waals surface area contributed by atoms with E-state index in [0.717, 1.165) is 12.5 Å². The molecular formula is C18H20N2S. The molecule has 0 bridgehead atoms. The lowest BCUT2D eigenvalue weighted by Gasteiger charge is -2.13. The van der Waals surface area contributed by atoms with Crippen molar-refractivity contribution in [2.45, 2.75) is 23.7 Å². The van der Waals surface area contributed by atoms with Crippen LogP contribution in [0.4, 0.5) is 5.69 Å². The van der Waals surface area contributed by atoms with Gasteiger partial charge in [0.1, 0.15) is 0 Å². The van der Waals surface area contributed by atoms with Crippen molar-refractivity contribution in [1.29, 1.82) is 0 Å². The Morgan fingerprint density at radius 1 is 1.10 bits per heavy atom. The molecule has 0 radical (unpaired) electrons. The number of benzene rings is 2. The summed E-state index contributed by atoms with van der Waals surface area (Å²) in [4.78, 5) is 1.24. The Kier molecular flexibility index (Phi) is 3.20. The Morgan fingerprint density at radius 2 is 1.86 bits per heavy atom. The van der Waals surface area contributed by atoms with E-state index in [1.54, 1.807) is 11.9 Å². The van der Waals surface area contributed by atoms with Gasteiger partial charge in [-0.3, -0.25) is 0 Å². The fourth-order valence-corrected chi connectivity index (χ4v) is 4.03. The van der Waals surface area contributed by atoms with Gasteiger partial charge < -0.3 is 10.0 Å². The minimum Gasteiger partial charge on any atom is -0.326 e. The molecule has 2 atom stereocenters. The summed E-state index contributed by atoms with van der Waals surface area (Å²) in [7, 11) is 0. The largest absolute Gasteiger partial charge is 0.326 e. The quantitative estimate of drug-likeness (QED) is 0.835. The fourth-order valence-electron chi connectivity index (χ4n) is 3.38. The maximum Gasteiger partial charge on any atom is 0.0443 e. The summed E-state index contributed by atoms with van der Waals surface area (Å²) in [6, 6.07) is 17.6. The van der Waals surface area contributed by atoms with Crippen molar-refractivity contribution in [3.63, 3.8) is 0 Å². The lowest BCUT2D eigenvalue weighted by atomic mass is 9.95. The molecule has 21 heavy (non-hydrogen) atoms. The van der Waals surface area contributed by atoms with E-state index >= 15 is 0 Å². The van der Waals surface area contributed by atoms with Crippen LogP contribution in [0.1, 0.15) is 17.5 Å². The molecule has 1 saturated carbocycles. The highest BCUT2D eigenvalue weighted by Crippen LogP contribution is 2.56. The first-order chi connectivity index (χ1) is 10.3. The van der Waals surface area contributed by atoms with Crippen LogP contribution in [0.25, 0.3) is 0 Å². The van der Waals surface area contributed by atoms with E-state index in [1.807, 2.05) is 0 Å². The SMILES string of the molecule is Cc1ccc(SNc2ccc([C@]34CNC[C@H]3C4)cc2)cc1. The number of hydrogen-bond acceptors (Lipinski definition) is 3. The van der Waals surface area contributed by atoms with E-state index in [-0.39, 0.29) is 0 Å². The summed E-state index contributed by atoms with van der Waals surface area (Å²) < 4.78 is 3.43. The van der Waals surface area contributed by atoms with Gasteiger partial charge in [-0.2, -0.15) is 0 Å². The number of anilines is 1. The molecule has 2 nitrogen and oxygen atoms in total. The molecule has 2 aliphatic rings. The smallest absolute Gasteiger partial charge is 0.0443 e. The first-order valence-corrected chi connectivity index (χ1v) is 8.39. The van der Waals surface area contributed by atoms with Crippen LogP contribution in [-0.4, -0.2) is 13.1 Å². The van der Waals surface area contributed by atoms with Crippen molar-refractivity contribution < 1.29 is 0 Å². The molecule has 2 fully saturated rings. The van der Waals surface area contributed by atoms with Gasteiger partial charge in [0.2, 0.25) is 0 Å². The lowest BCUT2D eigenvalue weighted by Crippen LogP contribution is -2.19. The molecule has 1 heterocycles.